The van der Waals surface area contributed by atoms with E-state index in [1.165, 1.54) is 17.7 Å². The highest BCUT2D eigenvalue weighted by molar-refractivity contribution is 6.00. The van der Waals surface area contributed by atoms with Crippen molar-refractivity contribution in [2.45, 2.75) is 32.7 Å². The van der Waals surface area contributed by atoms with E-state index in [0.29, 0.717) is 11.3 Å². The second-order valence-corrected chi connectivity index (χ2v) is 8.47. The molecule has 1 atom stereocenters. The van der Waals surface area contributed by atoms with Crippen LogP contribution >= 0.6 is 0 Å². The van der Waals surface area contributed by atoms with Crippen LogP contribution in [-0.4, -0.2) is 19.1 Å². The number of methoxy groups -OCH3 is 1. The van der Waals surface area contributed by atoms with Crippen molar-refractivity contribution in [1.29, 1.82) is 0 Å². The van der Waals surface area contributed by atoms with Gasteiger partial charge in [0.15, 0.2) is 0 Å². The molecule has 4 nitrogen and oxygen atoms in total. The Morgan fingerprint density at radius 1 is 1.12 bits per heavy atom. The molecule has 1 heterocycles. The second-order valence-electron chi connectivity index (χ2n) is 8.47. The lowest BCUT2D eigenvalue weighted by atomic mass is 9.99. The third-order valence-corrected chi connectivity index (χ3v) is 5.92. The molecular formula is C29H28FNO3. The highest BCUT2D eigenvalue weighted by atomic mass is 19.1. The fourth-order valence-corrected chi connectivity index (χ4v) is 4.04. The maximum absolute atomic E-state index is 13.4. The minimum absolute atomic E-state index is 0.0417. The topological polar surface area (TPSA) is 51.5 Å². The van der Waals surface area contributed by atoms with E-state index in [1.54, 1.807) is 31.6 Å². The van der Waals surface area contributed by atoms with Gasteiger partial charge in [-0.1, -0.05) is 42.5 Å². The van der Waals surface area contributed by atoms with Crippen LogP contribution in [0.15, 0.2) is 83.5 Å². The summed E-state index contributed by atoms with van der Waals surface area (Å²) in [4.78, 5) is 12.7. The highest BCUT2D eigenvalue weighted by Crippen LogP contribution is 2.37. The zero-order valence-corrected chi connectivity index (χ0v) is 19.6. The second kappa shape index (κ2) is 10.4. The molecule has 0 radical (unpaired) electrons. The van der Waals surface area contributed by atoms with Crippen molar-refractivity contribution in [3.8, 4) is 16.9 Å². The molecule has 1 aromatic heterocycles. The first-order chi connectivity index (χ1) is 16.4. The van der Waals surface area contributed by atoms with E-state index < -0.39 is 0 Å². The van der Waals surface area contributed by atoms with Gasteiger partial charge in [0.25, 0.3) is 0 Å². The summed E-state index contributed by atoms with van der Waals surface area (Å²) in [6.45, 7) is 3.90. The summed E-state index contributed by atoms with van der Waals surface area (Å²) in [6.07, 6.45) is 5.01. The van der Waals surface area contributed by atoms with Crippen LogP contribution in [0.25, 0.3) is 27.7 Å². The van der Waals surface area contributed by atoms with Crippen molar-refractivity contribution in [2.75, 3.05) is 7.11 Å². The molecule has 1 amide bonds. The van der Waals surface area contributed by atoms with Crippen LogP contribution < -0.4 is 10.1 Å². The molecule has 174 valence electrons. The number of aryl methyl sites for hydroxylation is 1. The molecule has 0 aliphatic heterocycles. The van der Waals surface area contributed by atoms with Crippen LogP contribution in [0.4, 0.5) is 4.39 Å². The van der Waals surface area contributed by atoms with E-state index in [0.717, 1.165) is 40.5 Å². The molecule has 1 N–H and O–H groups in total. The van der Waals surface area contributed by atoms with Gasteiger partial charge >= 0.3 is 0 Å². The Kier molecular flexibility index (Phi) is 7.12. The number of hydrogen-bond donors (Lipinski definition) is 1. The molecule has 0 aliphatic carbocycles. The molecule has 4 rings (SSSR count). The fraction of sp³-hybridized carbons (Fsp3) is 0.207. The Morgan fingerprint density at radius 3 is 2.56 bits per heavy atom. The maximum atomic E-state index is 13.4. The van der Waals surface area contributed by atoms with Crippen LogP contribution in [-0.2, 0) is 11.2 Å². The van der Waals surface area contributed by atoms with Crippen molar-refractivity contribution >= 4 is 22.4 Å². The number of furan rings is 1. The summed E-state index contributed by atoms with van der Waals surface area (Å²) in [6, 6.07) is 20.3. The van der Waals surface area contributed by atoms with Gasteiger partial charge in [-0.2, -0.15) is 0 Å². The highest BCUT2D eigenvalue weighted by Gasteiger charge is 2.15. The number of amides is 1. The molecule has 5 heteroatoms. The monoisotopic (exact) mass is 457 g/mol. The van der Waals surface area contributed by atoms with Crippen molar-refractivity contribution in [1.82, 2.24) is 5.32 Å². The summed E-state index contributed by atoms with van der Waals surface area (Å²) in [7, 11) is 1.59. The Balaban J connectivity index is 1.54. The third kappa shape index (κ3) is 5.37. The largest absolute Gasteiger partial charge is 0.496 e. The Morgan fingerprint density at radius 2 is 1.85 bits per heavy atom. The molecule has 3 aromatic carbocycles. The average Bonchev–Trinajstić information content (AvgIpc) is 3.25. The van der Waals surface area contributed by atoms with Crippen molar-refractivity contribution in [2.24, 2.45) is 0 Å². The summed E-state index contributed by atoms with van der Waals surface area (Å²) in [5, 5.41) is 3.92. The van der Waals surface area contributed by atoms with Gasteiger partial charge in [-0.3, -0.25) is 4.79 Å². The molecule has 0 fully saturated rings. The minimum atomic E-state index is -0.290. The van der Waals surface area contributed by atoms with Crippen molar-refractivity contribution in [3.63, 3.8) is 0 Å². The molecule has 0 aliphatic rings. The van der Waals surface area contributed by atoms with Crippen LogP contribution in [0.2, 0.25) is 0 Å². The summed E-state index contributed by atoms with van der Waals surface area (Å²) >= 11 is 0. The quantitative estimate of drug-likeness (QED) is 0.297. The lowest BCUT2D eigenvalue weighted by Crippen LogP contribution is -2.31. The Labute approximate surface area is 199 Å². The number of nitrogens with one attached hydrogen (secondary N) is 1. The van der Waals surface area contributed by atoms with E-state index in [9.17, 15) is 9.18 Å². The van der Waals surface area contributed by atoms with Gasteiger partial charge in [0.05, 0.1) is 13.4 Å². The van der Waals surface area contributed by atoms with Crippen LogP contribution in [0, 0.1) is 5.82 Å². The smallest absolute Gasteiger partial charge is 0.244 e. The van der Waals surface area contributed by atoms with Gasteiger partial charge in [-0.05, 0) is 61.6 Å². The van der Waals surface area contributed by atoms with E-state index in [2.05, 4.69) is 17.4 Å². The lowest BCUT2D eigenvalue weighted by molar-refractivity contribution is -0.117. The minimum Gasteiger partial charge on any atom is -0.496 e. The number of carbonyl (C=O) groups is 1. The normalized spacial score (nSPS) is 12.5. The van der Waals surface area contributed by atoms with Crippen LogP contribution in [0.1, 0.15) is 31.4 Å². The van der Waals surface area contributed by atoms with Gasteiger partial charge in [0.1, 0.15) is 17.1 Å². The van der Waals surface area contributed by atoms with Crippen LogP contribution in [0.3, 0.4) is 0 Å². The molecular weight excluding hydrogens is 429 g/mol. The Bertz CT molecular complexity index is 1310. The fourth-order valence-electron chi connectivity index (χ4n) is 4.04. The number of hydrogen-bond acceptors (Lipinski definition) is 3. The zero-order chi connectivity index (χ0) is 24.1. The standard InChI is InChI=1S/C29H28FNO3/c1-19(15-29(32)31-20(2)9-10-21-7-5-4-6-8-21)24-16-25-26(22-11-13-23(30)14-12-22)18-34-28(25)17-27(24)33-3/h4-8,11-18,20H,9-10H2,1-3H3,(H,31,32)/b19-15+. The maximum Gasteiger partial charge on any atom is 0.244 e. The Hall–Kier alpha value is -3.86. The molecule has 4 aromatic rings. The molecule has 34 heavy (non-hydrogen) atoms. The first kappa shape index (κ1) is 23.3. The molecule has 1 unspecified atom stereocenters. The van der Waals surface area contributed by atoms with Gasteiger partial charge in [-0.25, -0.2) is 4.39 Å². The van der Waals surface area contributed by atoms with Gasteiger partial charge < -0.3 is 14.5 Å². The average molecular weight is 458 g/mol. The van der Waals surface area contributed by atoms with Gasteiger partial charge in [0, 0.05) is 34.7 Å². The SMILES string of the molecule is COc1cc2occ(-c3ccc(F)cc3)c2cc1/C(C)=C/C(=O)NC(C)CCc1ccccc1. The zero-order valence-electron chi connectivity index (χ0n) is 19.6. The molecule has 0 bridgehead atoms. The van der Waals surface area contributed by atoms with Gasteiger partial charge in [-0.15, -0.1) is 0 Å². The predicted octanol–water partition coefficient (Wildman–Crippen LogP) is 6.79. The summed E-state index contributed by atoms with van der Waals surface area (Å²) in [5.41, 5.74) is 5.19. The summed E-state index contributed by atoms with van der Waals surface area (Å²) in [5.74, 6) is 0.180. The molecule has 0 spiro atoms. The number of fused-ring (bicyclic) bond motifs is 1. The number of halogens is 1. The number of allylic oxidation sites excluding steroid dienone is 1. The molecule has 0 saturated heterocycles. The van der Waals surface area contributed by atoms with Crippen molar-refractivity contribution < 1.29 is 18.3 Å². The van der Waals surface area contributed by atoms with E-state index in [-0.39, 0.29) is 17.8 Å². The third-order valence-electron chi connectivity index (χ3n) is 5.92. The number of ether oxygens (including phenoxy) is 1. The van der Waals surface area contributed by atoms with E-state index in [4.69, 9.17) is 9.15 Å². The van der Waals surface area contributed by atoms with E-state index in [1.807, 2.05) is 44.2 Å². The number of rotatable bonds is 8. The lowest BCUT2D eigenvalue weighted by Gasteiger charge is -2.14. The number of benzene rings is 3. The predicted molar refractivity (Wildman–Crippen MR) is 134 cm³/mol. The van der Waals surface area contributed by atoms with Gasteiger partial charge in [0.2, 0.25) is 5.91 Å². The van der Waals surface area contributed by atoms with Crippen LogP contribution in [0.5, 0.6) is 5.75 Å². The summed E-state index contributed by atoms with van der Waals surface area (Å²) < 4.78 is 24.7. The first-order valence-corrected chi connectivity index (χ1v) is 11.3. The number of carbonyl (C=O) groups excluding carboxylic acids is 1. The molecule has 0 saturated carbocycles. The van der Waals surface area contributed by atoms with Crippen molar-refractivity contribution in [3.05, 3.63) is 96.0 Å². The first-order valence-electron chi connectivity index (χ1n) is 11.3. The van der Waals surface area contributed by atoms with E-state index >= 15 is 0 Å².